The number of thioether (sulfide) groups is 1. The Kier molecular flexibility index (Phi) is 8.19. The Morgan fingerprint density at radius 3 is 2.54 bits per heavy atom. The summed E-state index contributed by atoms with van der Waals surface area (Å²) in [5.41, 5.74) is 0.520. The molecule has 0 bridgehead atoms. The summed E-state index contributed by atoms with van der Waals surface area (Å²) in [4.78, 5) is 37.4. The highest BCUT2D eigenvalue weighted by atomic mass is 32.2. The Hall–Kier alpha value is -2.68. The minimum absolute atomic E-state index is 0.177. The summed E-state index contributed by atoms with van der Waals surface area (Å²) in [5, 5.41) is 3.14. The van der Waals surface area contributed by atoms with E-state index in [1.54, 1.807) is 25.1 Å². The standard InChI is InChI=1S/C19H24N2O6S/c1-4-25-14-8-7-13(9-15(14)26-5-2)20-16(22)11-21-17(23)12-28-18(21)10-19(24)27-6-3/h7-10H,4-6,11-12H2,1-3H3,(H,20,22)/b18-10-. The Labute approximate surface area is 168 Å². The van der Waals surface area contributed by atoms with E-state index < -0.39 is 11.9 Å². The van der Waals surface area contributed by atoms with Gasteiger partial charge in [0.2, 0.25) is 11.8 Å². The molecule has 1 aliphatic rings. The lowest BCUT2D eigenvalue weighted by Crippen LogP contribution is -2.34. The Morgan fingerprint density at radius 1 is 1.14 bits per heavy atom. The average molecular weight is 408 g/mol. The monoisotopic (exact) mass is 408 g/mol. The molecule has 9 heteroatoms. The van der Waals surface area contributed by atoms with Crippen molar-refractivity contribution in [2.45, 2.75) is 20.8 Å². The highest BCUT2D eigenvalue weighted by Gasteiger charge is 2.29. The van der Waals surface area contributed by atoms with Gasteiger partial charge in [0, 0.05) is 11.8 Å². The SMILES string of the molecule is CCOC(=O)/C=C1\SCC(=O)N1CC(=O)Nc1ccc(OCC)c(OCC)c1. The molecule has 0 atom stereocenters. The number of esters is 1. The fourth-order valence-electron chi connectivity index (χ4n) is 2.46. The minimum Gasteiger partial charge on any atom is -0.490 e. The molecule has 0 spiro atoms. The van der Waals surface area contributed by atoms with Crippen LogP contribution in [0.3, 0.4) is 0 Å². The Morgan fingerprint density at radius 2 is 1.86 bits per heavy atom. The number of amides is 2. The lowest BCUT2D eigenvalue weighted by molar-refractivity contribution is -0.137. The quantitative estimate of drug-likeness (QED) is 0.495. The summed E-state index contributed by atoms with van der Waals surface area (Å²) in [6, 6.07) is 5.08. The molecule has 0 radical (unpaired) electrons. The van der Waals surface area contributed by atoms with Crippen LogP contribution in [0.2, 0.25) is 0 Å². The van der Waals surface area contributed by atoms with E-state index in [-0.39, 0.29) is 24.8 Å². The third kappa shape index (κ3) is 5.91. The van der Waals surface area contributed by atoms with Crippen molar-refractivity contribution in [3.8, 4) is 11.5 Å². The topological polar surface area (TPSA) is 94.2 Å². The van der Waals surface area contributed by atoms with Gasteiger partial charge in [-0.05, 0) is 32.9 Å². The van der Waals surface area contributed by atoms with Crippen molar-refractivity contribution in [2.24, 2.45) is 0 Å². The maximum atomic E-state index is 12.4. The van der Waals surface area contributed by atoms with Gasteiger partial charge in [-0.2, -0.15) is 0 Å². The first kappa shape index (κ1) is 21.6. The molecule has 8 nitrogen and oxygen atoms in total. The highest BCUT2D eigenvalue weighted by Crippen LogP contribution is 2.31. The van der Waals surface area contributed by atoms with E-state index in [9.17, 15) is 14.4 Å². The van der Waals surface area contributed by atoms with Crippen LogP contribution in [0.1, 0.15) is 20.8 Å². The predicted molar refractivity (Wildman–Crippen MR) is 106 cm³/mol. The van der Waals surface area contributed by atoms with E-state index in [4.69, 9.17) is 14.2 Å². The maximum absolute atomic E-state index is 12.4. The van der Waals surface area contributed by atoms with Crippen LogP contribution in [-0.4, -0.2) is 54.8 Å². The van der Waals surface area contributed by atoms with Gasteiger partial charge in [-0.15, -0.1) is 0 Å². The molecule has 1 saturated heterocycles. The molecule has 28 heavy (non-hydrogen) atoms. The number of carbonyl (C=O) groups is 3. The number of carbonyl (C=O) groups excluding carboxylic acids is 3. The molecular weight excluding hydrogens is 384 g/mol. The van der Waals surface area contributed by atoms with Crippen molar-refractivity contribution >= 4 is 35.2 Å². The molecule has 1 heterocycles. The number of nitrogens with one attached hydrogen (secondary N) is 1. The Balaban J connectivity index is 2.07. The van der Waals surface area contributed by atoms with Gasteiger partial charge in [0.1, 0.15) is 6.54 Å². The lowest BCUT2D eigenvalue weighted by Gasteiger charge is -2.17. The van der Waals surface area contributed by atoms with Gasteiger partial charge in [-0.25, -0.2) is 4.79 Å². The average Bonchev–Trinajstić information content (AvgIpc) is 2.97. The second-order valence-electron chi connectivity index (χ2n) is 5.58. The number of benzene rings is 1. The zero-order chi connectivity index (χ0) is 20.5. The van der Waals surface area contributed by atoms with Gasteiger partial charge < -0.3 is 19.5 Å². The largest absolute Gasteiger partial charge is 0.490 e. The molecule has 152 valence electrons. The van der Waals surface area contributed by atoms with Gasteiger partial charge >= 0.3 is 5.97 Å². The van der Waals surface area contributed by atoms with E-state index in [1.807, 2.05) is 13.8 Å². The molecule has 1 aromatic carbocycles. The fourth-order valence-corrected chi connectivity index (χ4v) is 3.39. The first-order valence-corrected chi connectivity index (χ1v) is 9.98. The van der Waals surface area contributed by atoms with E-state index in [1.165, 1.54) is 22.7 Å². The first-order valence-electron chi connectivity index (χ1n) is 8.99. The summed E-state index contributed by atoms with van der Waals surface area (Å²) in [5.74, 6) is 0.120. The van der Waals surface area contributed by atoms with Crippen LogP contribution in [0.15, 0.2) is 29.3 Å². The van der Waals surface area contributed by atoms with Crippen molar-refractivity contribution in [1.29, 1.82) is 0 Å². The van der Waals surface area contributed by atoms with Gasteiger partial charge in [-0.1, -0.05) is 11.8 Å². The van der Waals surface area contributed by atoms with Crippen molar-refractivity contribution in [2.75, 3.05) is 37.4 Å². The van der Waals surface area contributed by atoms with Gasteiger partial charge in [-0.3, -0.25) is 14.5 Å². The number of nitrogens with zero attached hydrogens (tertiary/aromatic N) is 1. The Bertz CT molecular complexity index is 765. The van der Waals surface area contributed by atoms with Crippen molar-refractivity contribution in [3.63, 3.8) is 0 Å². The summed E-state index contributed by atoms with van der Waals surface area (Å²) in [7, 11) is 0. The number of hydrogen-bond acceptors (Lipinski definition) is 7. The minimum atomic E-state index is -0.544. The maximum Gasteiger partial charge on any atom is 0.333 e. The van der Waals surface area contributed by atoms with E-state index >= 15 is 0 Å². The molecule has 2 rings (SSSR count). The fraction of sp³-hybridized carbons (Fsp3) is 0.421. The zero-order valence-electron chi connectivity index (χ0n) is 16.1. The van der Waals surface area contributed by atoms with Crippen LogP contribution >= 0.6 is 11.8 Å². The van der Waals surface area contributed by atoms with Crippen molar-refractivity contribution < 1.29 is 28.6 Å². The van der Waals surface area contributed by atoms with Crippen LogP contribution in [0.5, 0.6) is 11.5 Å². The molecule has 1 N–H and O–H groups in total. The number of anilines is 1. The molecule has 1 fully saturated rings. The summed E-state index contributed by atoms with van der Waals surface area (Å²) >= 11 is 1.20. The van der Waals surface area contributed by atoms with Gasteiger partial charge in [0.15, 0.2) is 11.5 Å². The summed E-state index contributed by atoms with van der Waals surface area (Å²) < 4.78 is 15.9. The van der Waals surface area contributed by atoms with Crippen LogP contribution < -0.4 is 14.8 Å². The first-order chi connectivity index (χ1) is 13.5. The van der Waals surface area contributed by atoms with Gasteiger partial charge in [0.25, 0.3) is 0 Å². The molecule has 0 aromatic heterocycles. The lowest BCUT2D eigenvalue weighted by atomic mass is 10.2. The third-order valence-corrected chi connectivity index (χ3v) is 4.59. The third-order valence-electron chi connectivity index (χ3n) is 3.57. The summed E-state index contributed by atoms with van der Waals surface area (Å²) in [6.07, 6.45) is 1.23. The van der Waals surface area contributed by atoms with Gasteiger partial charge in [0.05, 0.1) is 36.7 Å². The molecule has 0 unspecified atom stereocenters. The molecular formula is C19H24N2O6S. The molecule has 2 amide bonds. The number of rotatable bonds is 9. The molecule has 0 aliphatic carbocycles. The highest BCUT2D eigenvalue weighted by molar-refractivity contribution is 8.04. The molecule has 1 aromatic rings. The molecule has 1 aliphatic heterocycles. The number of ether oxygens (including phenoxy) is 3. The van der Waals surface area contributed by atoms with Crippen molar-refractivity contribution in [1.82, 2.24) is 4.90 Å². The smallest absolute Gasteiger partial charge is 0.333 e. The zero-order valence-corrected chi connectivity index (χ0v) is 17.0. The van der Waals surface area contributed by atoms with E-state index in [0.717, 1.165) is 0 Å². The van der Waals surface area contributed by atoms with Crippen LogP contribution in [0, 0.1) is 0 Å². The second-order valence-corrected chi connectivity index (χ2v) is 6.57. The normalized spacial score (nSPS) is 14.9. The van der Waals surface area contributed by atoms with Crippen molar-refractivity contribution in [3.05, 3.63) is 29.3 Å². The van der Waals surface area contributed by atoms with E-state index in [0.29, 0.717) is 35.4 Å². The van der Waals surface area contributed by atoms with E-state index in [2.05, 4.69) is 5.32 Å². The van der Waals surface area contributed by atoms with Crippen LogP contribution in [-0.2, 0) is 19.1 Å². The molecule has 0 saturated carbocycles. The summed E-state index contributed by atoms with van der Waals surface area (Å²) in [6.45, 7) is 6.42. The second kappa shape index (κ2) is 10.6. The van der Waals surface area contributed by atoms with Crippen LogP contribution in [0.25, 0.3) is 0 Å². The van der Waals surface area contributed by atoms with Crippen LogP contribution in [0.4, 0.5) is 5.69 Å². The number of hydrogen-bond donors (Lipinski definition) is 1. The predicted octanol–water partition coefficient (Wildman–Crippen LogP) is 2.40.